The molecule has 0 spiro atoms. The highest BCUT2D eigenvalue weighted by atomic mass is 35.5. The maximum absolute atomic E-state index is 13.4. The third-order valence-corrected chi connectivity index (χ3v) is 6.79. The fourth-order valence-electron chi connectivity index (χ4n) is 4.42. The van der Waals surface area contributed by atoms with Crippen molar-refractivity contribution in [2.45, 2.75) is 51.2 Å². The number of rotatable bonds is 4. The lowest BCUT2D eigenvalue weighted by Crippen LogP contribution is -2.57. The van der Waals surface area contributed by atoms with Gasteiger partial charge in [0.05, 0.1) is 30.9 Å². The van der Waals surface area contributed by atoms with E-state index in [2.05, 4.69) is 0 Å². The maximum Gasteiger partial charge on any atom is 0.540 e. The molecule has 37 heavy (non-hydrogen) atoms. The number of carbonyl (C=O) groups is 2. The molecule has 1 aliphatic heterocycles. The molecule has 3 rings (SSSR count). The summed E-state index contributed by atoms with van der Waals surface area (Å²) in [7, 11) is 1.04. The number of quaternary nitrogens is 1. The van der Waals surface area contributed by atoms with Crippen LogP contribution in [-0.4, -0.2) is 36.8 Å². The first-order chi connectivity index (χ1) is 17.1. The number of carbonyl (C=O) groups excluding carboxylic acids is 2. The Morgan fingerprint density at radius 2 is 1.62 bits per heavy atom. The summed E-state index contributed by atoms with van der Waals surface area (Å²) in [5.74, 6) is 0. The molecule has 3 atom stereocenters. The Labute approximate surface area is 214 Å². The number of benzene rings is 2. The van der Waals surface area contributed by atoms with E-state index in [1.54, 1.807) is 38.1 Å². The standard InChI is InChI=1S/C24H24ClF6N2O4/c1-4-37-22(35)33(25)14(2)9-19(18-7-5-6-8-20(18)33)32(21(34)36-3)13-15-10-16(23(26,27)28)12-17(11-15)24(29,30)31/h5-8,10-12,14,19H,4,9,13H2,1-3H3/q+1/t14-,19+,33?/m1/s1. The third-order valence-electron chi connectivity index (χ3n) is 6.14. The first-order valence-corrected chi connectivity index (χ1v) is 11.5. The Hall–Kier alpha value is -2.99. The van der Waals surface area contributed by atoms with E-state index in [-0.39, 0.29) is 24.8 Å². The highest BCUT2D eigenvalue weighted by Crippen LogP contribution is 2.47. The molecule has 0 radical (unpaired) electrons. The second-order valence-corrected chi connectivity index (χ2v) is 9.04. The zero-order chi connectivity index (χ0) is 27.8. The third kappa shape index (κ3) is 5.64. The second-order valence-electron chi connectivity index (χ2n) is 8.51. The van der Waals surface area contributed by atoms with Gasteiger partial charge >= 0.3 is 24.5 Å². The largest absolute Gasteiger partial charge is 0.540 e. The van der Waals surface area contributed by atoms with Gasteiger partial charge in [0.15, 0.2) is 17.5 Å². The van der Waals surface area contributed by atoms with Crippen LogP contribution in [0.5, 0.6) is 0 Å². The number of amides is 2. The molecule has 1 heterocycles. The van der Waals surface area contributed by atoms with E-state index in [1.165, 1.54) is 0 Å². The van der Waals surface area contributed by atoms with Crippen molar-refractivity contribution in [1.82, 2.24) is 8.90 Å². The van der Waals surface area contributed by atoms with Crippen LogP contribution in [0.1, 0.15) is 48.6 Å². The minimum absolute atomic E-state index is 0.0165. The number of methoxy groups -OCH3 is 1. The van der Waals surface area contributed by atoms with Crippen LogP contribution in [0.2, 0.25) is 0 Å². The van der Waals surface area contributed by atoms with Crippen LogP contribution in [0, 0.1) is 0 Å². The fraction of sp³-hybridized carbons (Fsp3) is 0.417. The molecule has 0 saturated carbocycles. The van der Waals surface area contributed by atoms with Gasteiger partial charge in [-0.05, 0) is 37.6 Å². The topological polar surface area (TPSA) is 55.8 Å². The lowest BCUT2D eigenvalue weighted by Gasteiger charge is -2.42. The smallest absolute Gasteiger partial charge is 0.453 e. The molecule has 2 amide bonds. The van der Waals surface area contributed by atoms with Crippen LogP contribution in [0.25, 0.3) is 0 Å². The van der Waals surface area contributed by atoms with E-state index in [4.69, 9.17) is 21.3 Å². The SMILES string of the molecule is CCOC(=O)[N+]1(Cl)c2ccccc2[C@@H](N(Cc2cc(C(F)(F)F)cc(C(F)(F)F)c2)C(=O)OC)C[C@H]1C. The van der Waals surface area contributed by atoms with Crippen LogP contribution in [-0.2, 0) is 28.4 Å². The molecule has 2 aromatic carbocycles. The normalized spacial score (nSPS) is 21.7. The Bertz CT molecular complexity index is 1140. The highest BCUT2D eigenvalue weighted by Gasteiger charge is 2.54. The van der Waals surface area contributed by atoms with Gasteiger partial charge in [-0.2, -0.15) is 31.1 Å². The number of ether oxygens (including phenoxy) is 2. The maximum atomic E-state index is 13.4. The fourth-order valence-corrected chi connectivity index (χ4v) is 4.70. The van der Waals surface area contributed by atoms with Gasteiger partial charge in [-0.15, -0.1) is 0 Å². The summed E-state index contributed by atoms with van der Waals surface area (Å²) in [6.07, 6.45) is -11.8. The van der Waals surface area contributed by atoms with Crippen molar-refractivity contribution < 1.29 is 45.4 Å². The van der Waals surface area contributed by atoms with Crippen LogP contribution in [0.15, 0.2) is 42.5 Å². The van der Waals surface area contributed by atoms with E-state index in [1.807, 2.05) is 0 Å². The zero-order valence-electron chi connectivity index (χ0n) is 20.0. The van der Waals surface area contributed by atoms with Crippen molar-refractivity contribution in [2.75, 3.05) is 13.7 Å². The van der Waals surface area contributed by atoms with Gasteiger partial charge in [-0.1, -0.05) is 22.2 Å². The zero-order valence-corrected chi connectivity index (χ0v) is 20.7. The molecule has 202 valence electrons. The highest BCUT2D eigenvalue weighted by molar-refractivity contribution is 6.30. The quantitative estimate of drug-likeness (QED) is 0.292. The first-order valence-electron chi connectivity index (χ1n) is 11.1. The predicted octanol–water partition coefficient (Wildman–Crippen LogP) is 7.44. The summed E-state index contributed by atoms with van der Waals surface area (Å²) in [5.41, 5.74) is -2.77. The molecular formula is C24H24ClF6N2O4+. The van der Waals surface area contributed by atoms with Crippen molar-refractivity contribution in [3.8, 4) is 0 Å². The molecule has 0 saturated heterocycles. The van der Waals surface area contributed by atoms with Crippen molar-refractivity contribution in [3.05, 3.63) is 64.7 Å². The predicted molar refractivity (Wildman–Crippen MR) is 122 cm³/mol. The lowest BCUT2D eigenvalue weighted by atomic mass is 9.90. The van der Waals surface area contributed by atoms with E-state index in [0.29, 0.717) is 17.7 Å². The second kappa shape index (κ2) is 10.4. The molecule has 1 unspecified atom stereocenters. The summed E-state index contributed by atoms with van der Waals surface area (Å²) >= 11 is 6.75. The van der Waals surface area contributed by atoms with Gasteiger partial charge in [-0.25, -0.2) is 4.79 Å². The Kier molecular flexibility index (Phi) is 8.04. The van der Waals surface area contributed by atoms with E-state index >= 15 is 0 Å². The Morgan fingerprint density at radius 3 is 2.14 bits per heavy atom. The summed E-state index contributed by atoms with van der Waals surface area (Å²) in [5, 5.41) is 0. The van der Waals surface area contributed by atoms with Gasteiger partial charge in [0, 0.05) is 24.6 Å². The Morgan fingerprint density at radius 1 is 1.05 bits per heavy atom. The van der Waals surface area contributed by atoms with Gasteiger partial charge in [-0.3, -0.25) is 4.90 Å². The van der Waals surface area contributed by atoms with Crippen LogP contribution in [0.4, 0.5) is 41.6 Å². The summed E-state index contributed by atoms with van der Waals surface area (Å²) < 4.78 is 89.6. The minimum atomic E-state index is -5.05. The Balaban J connectivity index is 2.13. The van der Waals surface area contributed by atoms with Crippen molar-refractivity contribution in [1.29, 1.82) is 0 Å². The van der Waals surface area contributed by atoms with E-state index < -0.39 is 63.9 Å². The number of alkyl halides is 6. The van der Waals surface area contributed by atoms with Gasteiger partial charge in [0.25, 0.3) is 0 Å². The van der Waals surface area contributed by atoms with Crippen molar-refractivity contribution >= 4 is 29.7 Å². The summed E-state index contributed by atoms with van der Waals surface area (Å²) in [4.78, 5) is 26.7. The van der Waals surface area contributed by atoms with Gasteiger partial charge in [0.2, 0.25) is 0 Å². The minimum Gasteiger partial charge on any atom is -0.453 e. The number of hydrogen-bond donors (Lipinski definition) is 0. The molecule has 6 nitrogen and oxygen atoms in total. The molecule has 0 fully saturated rings. The molecular weight excluding hydrogens is 530 g/mol. The number of nitrogens with zero attached hydrogens (tertiary/aromatic N) is 2. The van der Waals surface area contributed by atoms with Crippen LogP contribution >= 0.6 is 11.8 Å². The average molecular weight is 554 g/mol. The first kappa shape index (κ1) is 28.6. The lowest BCUT2D eigenvalue weighted by molar-refractivity contribution is -0.143. The number of fused-ring (bicyclic) bond motifs is 1. The number of para-hydroxylation sites is 1. The molecule has 2 aromatic rings. The molecule has 0 aromatic heterocycles. The number of halogens is 7. The van der Waals surface area contributed by atoms with E-state index in [0.717, 1.165) is 12.0 Å². The van der Waals surface area contributed by atoms with Crippen molar-refractivity contribution in [2.24, 2.45) is 0 Å². The molecule has 0 aliphatic carbocycles. The van der Waals surface area contributed by atoms with E-state index in [9.17, 15) is 35.9 Å². The average Bonchev–Trinajstić information content (AvgIpc) is 2.83. The van der Waals surface area contributed by atoms with Gasteiger partial charge < -0.3 is 9.47 Å². The number of hydrogen-bond acceptors (Lipinski definition) is 4. The molecule has 13 heteroatoms. The van der Waals surface area contributed by atoms with Crippen molar-refractivity contribution in [3.63, 3.8) is 0 Å². The monoisotopic (exact) mass is 553 g/mol. The molecule has 0 N–H and O–H groups in total. The molecule has 0 bridgehead atoms. The summed E-state index contributed by atoms with van der Waals surface area (Å²) in [6.45, 7) is 2.64. The summed E-state index contributed by atoms with van der Waals surface area (Å²) in [6, 6.07) is 5.88. The van der Waals surface area contributed by atoms with Crippen LogP contribution in [0.3, 0.4) is 0 Å². The van der Waals surface area contributed by atoms with Gasteiger partial charge in [0.1, 0.15) is 6.04 Å². The molecule has 1 aliphatic rings. The van der Waals surface area contributed by atoms with Crippen LogP contribution < -0.4 is 4.00 Å².